The molecular weight excluding hydrogens is 458 g/mol. The van der Waals surface area contributed by atoms with Crippen LogP contribution in [0.5, 0.6) is 17.2 Å². The predicted octanol–water partition coefficient (Wildman–Crippen LogP) is 5.45. The Hall–Kier alpha value is -3.58. The quantitative estimate of drug-likeness (QED) is 0.383. The summed E-state index contributed by atoms with van der Waals surface area (Å²) in [5.74, 6) is 1.47. The van der Waals surface area contributed by atoms with E-state index in [-0.39, 0.29) is 11.7 Å². The molecule has 0 aliphatic heterocycles. The molecule has 3 aromatic carbocycles. The van der Waals surface area contributed by atoms with Gasteiger partial charge in [-0.15, -0.1) is 0 Å². The summed E-state index contributed by atoms with van der Waals surface area (Å²) in [6.07, 6.45) is 1.65. The third-order valence-corrected chi connectivity index (χ3v) is 5.28. The number of aromatic nitrogens is 2. The second kappa shape index (κ2) is 9.06. The zero-order valence-electron chi connectivity index (χ0n) is 16.7. The van der Waals surface area contributed by atoms with E-state index < -0.39 is 0 Å². The minimum Gasteiger partial charge on any atom is -0.507 e. The number of nitrogen functional groups attached to an aromatic ring is 1. The predicted molar refractivity (Wildman–Crippen MR) is 124 cm³/mol. The van der Waals surface area contributed by atoms with Crippen LogP contribution in [0, 0.1) is 0 Å². The maximum atomic E-state index is 10.7. The van der Waals surface area contributed by atoms with Crippen molar-refractivity contribution in [2.24, 2.45) is 0 Å². The lowest BCUT2D eigenvalue weighted by Gasteiger charge is -2.13. The van der Waals surface area contributed by atoms with Crippen molar-refractivity contribution in [3.8, 4) is 39.6 Å². The fourth-order valence-corrected chi connectivity index (χ4v) is 3.40. The van der Waals surface area contributed by atoms with Gasteiger partial charge in [0.2, 0.25) is 5.95 Å². The van der Waals surface area contributed by atoms with E-state index in [9.17, 15) is 5.11 Å². The molecule has 1 aromatic heterocycles. The Balaban J connectivity index is 1.63. The third kappa shape index (κ3) is 4.78. The van der Waals surface area contributed by atoms with E-state index >= 15 is 0 Å². The van der Waals surface area contributed by atoms with Crippen molar-refractivity contribution < 1.29 is 14.6 Å². The molecule has 7 heteroatoms. The van der Waals surface area contributed by atoms with Crippen LogP contribution in [-0.4, -0.2) is 22.2 Å². The smallest absolute Gasteiger partial charge is 0.220 e. The number of anilines is 1. The molecule has 6 nitrogen and oxygen atoms in total. The first-order valence-corrected chi connectivity index (χ1v) is 10.3. The minimum absolute atomic E-state index is 0.0427. The first-order valence-electron chi connectivity index (χ1n) is 9.51. The Morgan fingerprint density at radius 1 is 0.935 bits per heavy atom. The van der Waals surface area contributed by atoms with Crippen molar-refractivity contribution in [3.63, 3.8) is 0 Å². The van der Waals surface area contributed by atoms with Gasteiger partial charge in [0.25, 0.3) is 0 Å². The average Bonchev–Trinajstić information content (AvgIpc) is 2.79. The molecule has 0 bridgehead atoms. The van der Waals surface area contributed by atoms with Gasteiger partial charge in [-0.25, -0.2) is 9.97 Å². The van der Waals surface area contributed by atoms with E-state index in [1.54, 1.807) is 31.5 Å². The van der Waals surface area contributed by atoms with E-state index in [1.165, 1.54) is 0 Å². The number of methoxy groups -OCH3 is 1. The van der Waals surface area contributed by atoms with Gasteiger partial charge >= 0.3 is 0 Å². The fourth-order valence-electron chi connectivity index (χ4n) is 3.13. The number of hydrogen-bond donors (Lipinski definition) is 2. The van der Waals surface area contributed by atoms with E-state index in [2.05, 4.69) is 25.9 Å². The van der Waals surface area contributed by atoms with Gasteiger partial charge in [-0.1, -0.05) is 40.2 Å². The molecule has 4 aromatic rings. The van der Waals surface area contributed by atoms with Crippen LogP contribution >= 0.6 is 15.9 Å². The lowest BCUT2D eigenvalue weighted by molar-refractivity contribution is 0.304. The van der Waals surface area contributed by atoms with E-state index in [0.717, 1.165) is 26.9 Å². The summed E-state index contributed by atoms with van der Waals surface area (Å²) < 4.78 is 12.1. The van der Waals surface area contributed by atoms with Crippen molar-refractivity contribution in [2.75, 3.05) is 12.8 Å². The molecule has 0 fully saturated rings. The van der Waals surface area contributed by atoms with E-state index in [0.29, 0.717) is 23.6 Å². The number of hydrogen-bond acceptors (Lipinski definition) is 6. The number of nitrogens with zero attached hydrogens (tertiary/aromatic N) is 2. The van der Waals surface area contributed by atoms with E-state index in [4.69, 9.17) is 15.2 Å². The van der Waals surface area contributed by atoms with Gasteiger partial charge in [0.1, 0.15) is 23.9 Å². The first-order chi connectivity index (χ1) is 15.0. The van der Waals surface area contributed by atoms with Crippen LogP contribution in [0.2, 0.25) is 0 Å². The van der Waals surface area contributed by atoms with Crippen molar-refractivity contribution >= 4 is 21.9 Å². The third-order valence-electron chi connectivity index (χ3n) is 4.75. The van der Waals surface area contributed by atoms with Gasteiger partial charge in [-0.3, -0.25) is 0 Å². The van der Waals surface area contributed by atoms with Crippen molar-refractivity contribution in [3.05, 3.63) is 83.0 Å². The molecule has 0 radical (unpaired) electrons. The summed E-state index contributed by atoms with van der Waals surface area (Å²) in [5.41, 5.74) is 9.57. The Labute approximate surface area is 188 Å². The van der Waals surface area contributed by atoms with Gasteiger partial charge < -0.3 is 20.3 Å². The largest absolute Gasteiger partial charge is 0.507 e. The molecule has 0 aliphatic rings. The zero-order valence-corrected chi connectivity index (χ0v) is 18.3. The molecule has 0 spiro atoms. The highest BCUT2D eigenvalue weighted by molar-refractivity contribution is 9.10. The van der Waals surface area contributed by atoms with Gasteiger partial charge in [-0.05, 0) is 47.5 Å². The second-order valence-electron chi connectivity index (χ2n) is 6.81. The number of halogens is 1. The summed E-state index contributed by atoms with van der Waals surface area (Å²) in [5, 5.41) is 10.7. The van der Waals surface area contributed by atoms with Crippen LogP contribution in [0.15, 0.2) is 77.4 Å². The average molecular weight is 478 g/mol. The normalized spacial score (nSPS) is 10.6. The Morgan fingerprint density at radius 3 is 2.32 bits per heavy atom. The topological polar surface area (TPSA) is 90.5 Å². The standard InChI is InChI=1S/C24H20BrN3O3/c1-30-18-8-4-16(5-9-18)21-13-27-24(26)28-23(21)20-11-10-19(12-22(20)29)31-14-15-2-6-17(25)7-3-15/h2-13,29H,14H2,1H3,(H2,26,27,28). The number of phenolic OH excluding ortho intramolecular Hbond substituents is 1. The van der Waals surface area contributed by atoms with Crippen molar-refractivity contribution in [1.82, 2.24) is 9.97 Å². The maximum absolute atomic E-state index is 10.7. The van der Waals surface area contributed by atoms with Crippen LogP contribution in [-0.2, 0) is 6.61 Å². The Kier molecular flexibility index (Phi) is 6.04. The molecule has 3 N–H and O–H groups in total. The monoisotopic (exact) mass is 477 g/mol. The fraction of sp³-hybridized carbons (Fsp3) is 0.0833. The molecule has 0 saturated carbocycles. The molecule has 0 unspecified atom stereocenters. The first kappa shape index (κ1) is 20.7. The highest BCUT2D eigenvalue weighted by Crippen LogP contribution is 2.37. The second-order valence-corrected chi connectivity index (χ2v) is 7.73. The SMILES string of the molecule is COc1ccc(-c2cnc(N)nc2-c2ccc(OCc3ccc(Br)cc3)cc2O)cc1. The van der Waals surface area contributed by atoms with Crippen LogP contribution in [0.1, 0.15) is 5.56 Å². The van der Waals surface area contributed by atoms with Gasteiger partial charge in [0, 0.05) is 27.9 Å². The lowest BCUT2D eigenvalue weighted by Crippen LogP contribution is -1.99. The maximum Gasteiger partial charge on any atom is 0.220 e. The number of aromatic hydroxyl groups is 1. The number of rotatable bonds is 6. The molecule has 0 saturated heterocycles. The number of ether oxygens (including phenoxy) is 2. The molecule has 4 rings (SSSR count). The number of phenols is 1. The summed E-state index contributed by atoms with van der Waals surface area (Å²) >= 11 is 3.42. The molecular formula is C24H20BrN3O3. The Morgan fingerprint density at radius 2 is 1.65 bits per heavy atom. The number of nitrogens with two attached hydrogens (primary N) is 1. The molecule has 0 amide bonds. The highest BCUT2D eigenvalue weighted by atomic mass is 79.9. The summed E-state index contributed by atoms with van der Waals surface area (Å²) in [6, 6.07) is 20.5. The number of benzene rings is 3. The van der Waals surface area contributed by atoms with E-state index in [1.807, 2.05) is 48.5 Å². The van der Waals surface area contributed by atoms with Crippen LogP contribution in [0.3, 0.4) is 0 Å². The van der Waals surface area contributed by atoms with Gasteiger partial charge in [0.05, 0.1) is 12.8 Å². The van der Waals surface area contributed by atoms with Gasteiger partial charge in [-0.2, -0.15) is 0 Å². The lowest BCUT2D eigenvalue weighted by atomic mass is 10.00. The van der Waals surface area contributed by atoms with Crippen molar-refractivity contribution in [1.29, 1.82) is 0 Å². The zero-order chi connectivity index (χ0) is 21.8. The molecule has 31 heavy (non-hydrogen) atoms. The summed E-state index contributed by atoms with van der Waals surface area (Å²) in [7, 11) is 1.62. The van der Waals surface area contributed by atoms with Crippen LogP contribution in [0.25, 0.3) is 22.4 Å². The minimum atomic E-state index is 0.0427. The molecule has 0 aliphatic carbocycles. The molecule has 156 valence electrons. The van der Waals surface area contributed by atoms with Crippen LogP contribution in [0.4, 0.5) is 5.95 Å². The van der Waals surface area contributed by atoms with Crippen molar-refractivity contribution in [2.45, 2.75) is 6.61 Å². The molecule has 1 heterocycles. The summed E-state index contributed by atoms with van der Waals surface area (Å²) in [6.45, 7) is 0.392. The highest BCUT2D eigenvalue weighted by Gasteiger charge is 2.15. The van der Waals surface area contributed by atoms with Gasteiger partial charge in [0.15, 0.2) is 0 Å². The molecule has 0 atom stereocenters. The Bertz CT molecular complexity index is 1200. The van der Waals surface area contributed by atoms with Crippen LogP contribution < -0.4 is 15.2 Å². The summed E-state index contributed by atoms with van der Waals surface area (Å²) in [4.78, 5) is 8.51.